The minimum absolute atomic E-state index is 0.175. The molecule has 0 aliphatic heterocycles. The maximum Gasteiger partial charge on any atom is 0.189 e. The molecule has 1 unspecified atom stereocenters. The van der Waals surface area contributed by atoms with Gasteiger partial charge in [0, 0.05) is 6.61 Å². The van der Waals surface area contributed by atoms with E-state index in [-0.39, 0.29) is 6.61 Å². The fourth-order valence-corrected chi connectivity index (χ4v) is 3.40. The van der Waals surface area contributed by atoms with Crippen molar-refractivity contribution in [3.8, 4) is 0 Å². The zero-order chi connectivity index (χ0) is 12.6. The Kier molecular flexibility index (Phi) is 7.98. The van der Waals surface area contributed by atoms with Crippen molar-refractivity contribution in [3.63, 3.8) is 0 Å². The molecule has 96 valence electrons. The monoisotopic (exact) mass is 244 g/mol. The first-order chi connectivity index (χ1) is 7.44. The molecular formula is C13H28O2Si. The third-order valence-corrected chi connectivity index (χ3v) is 7.09. The van der Waals surface area contributed by atoms with Crippen LogP contribution in [-0.4, -0.2) is 26.6 Å². The standard InChI is InChI=1S/C13H28O2Si/c1-6-13(3)16(4,5)15-10-8-7-9-12(2)11-14/h9,13-14H,6-8,10-11H2,1-5H3/b12-9+. The molecule has 2 nitrogen and oxygen atoms in total. The number of rotatable bonds is 8. The van der Waals surface area contributed by atoms with Crippen LogP contribution in [0, 0.1) is 0 Å². The van der Waals surface area contributed by atoms with Crippen LogP contribution in [0.15, 0.2) is 11.6 Å². The van der Waals surface area contributed by atoms with Crippen LogP contribution in [0.3, 0.4) is 0 Å². The van der Waals surface area contributed by atoms with E-state index in [9.17, 15) is 0 Å². The fraction of sp³-hybridized carbons (Fsp3) is 0.846. The van der Waals surface area contributed by atoms with Crippen LogP contribution in [0.5, 0.6) is 0 Å². The topological polar surface area (TPSA) is 29.5 Å². The molecule has 0 rings (SSSR count). The highest BCUT2D eigenvalue weighted by Crippen LogP contribution is 2.25. The zero-order valence-electron chi connectivity index (χ0n) is 11.5. The van der Waals surface area contributed by atoms with Crippen LogP contribution in [0.4, 0.5) is 0 Å². The summed E-state index contributed by atoms with van der Waals surface area (Å²) in [5, 5.41) is 8.83. The van der Waals surface area contributed by atoms with Gasteiger partial charge < -0.3 is 9.53 Å². The molecule has 1 N–H and O–H groups in total. The number of hydrogen-bond donors (Lipinski definition) is 1. The van der Waals surface area contributed by atoms with Crippen LogP contribution < -0.4 is 0 Å². The van der Waals surface area contributed by atoms with Gasteiger partial charge in [0.1, 0.15) is 0 Å². The van der Waals surface area contributed by atoms with E-state index in [0.29, 0.717) is 0 Å². The van der Waals surface area contributed by atoms with Gasteiger partial charge in [-0.3, -0.25) is 0 Å². The summed E-state index contributed by atoms with van der Waals surface area (Å²) >= 11 is 0. The third-order valence-electron chi connectivity index (χ3n) is 3.36. The number of aliphatic hydroxyl groups excluding tert-OH is 1. The van der Waals surface area contributed by atoms with Gasteiger partial charge in [0.15, 0.2) is 8.32 Å². The van der Waals surface area contributed by atoms with Gasteiger partial charge in [-0.15, -0.1) is 0 Å². The van der Waals surface area contributed by atoms with Crippen molar-refractivity contribution in [2.75, 3.05) is 13.2 Å². The Morgan fingerprint density at radius 3 is 2.56 bits per heavy atom. The number of unbranched alkanes of at least 4 members (excludes halogenated alkanes) is 1. The molecule has 3 heteroatoms. The highest BCUT2D eigenvalue weighted by molar-refractivity contribution is 6.72. The van der Waals surface area contributed by atoms with Gasteiger partial charge in [-0.1, -0.05) is 31.9 Å². The molecular weight excluding hydrogens is 216 g/mol. The second-order valence-corrected chi connectivity index (χ2v) is 9.59. The largest absolute Gasteiger partial charge is 0.417 e. The second-order valence-electron chi connectivity index (χ2n) is 5.11. The van der Waals surface area contributed by atoms with Crippen LogP contribution in [-0.2, 0) is 4.43 Å². The minimum Gasteiger partial charge on any atom is -0.417 e. The highest BCUT2D eigenvalue weighted by Gasteiger charge is 2.28. The molecule has 0 heterocycles. The van der Waals surface area contributed by atoms with E-state index in [1.165, 1.54) is 6.42 Å². The summed E-state index contributed by atoms with van der Waals surface area (Å²) in [7, 11) is -1.46. The third kappa shape index (κ3) is 6.46. The SMILES string of the molecule is CCC(C)[Si](C)(C)OCCC/C=C(\C)CO. The maximum absolute atomic E-state index is 8.83. The molecule has 0 aromatic heterocycles. The Labute approximate surface area is 102 Å². The molecule has 0 aliphatic rings. The Hall–Kier alpha value is -0.123. The van der Waals surface area contributed by atoms with E-state index in [1.807, 2.05) is 6.92 Å². The van der Waals surface area contributed by atoms with E-state index >= 15 is 0 Å². The molecule has 0 amide bonds. The van der Waals surface area contributed by atoms with Gasteiger partial charge >= 0.3 is 0 Å². The van der Waals surface area contributed by atoms with Crippen molar-refractivity contribution in [3.05, 3.63) is 11.6 Å². The summed E-state index contributed by atoms with van der Waals surface area (Å²) in [5.74, 6) is 0. The molecule has 0 aromatic rings. The first-order valence-electron chi connectivity index (χ1n) is 6.34. The van der Waals surface area contributed by atoms with Crippen molar-refractivity contribution < 1.29 is 9.53 Å². The van der Waals surface area contributed by atoms with Crippen LogP contribution in [0.1, 0.15) is 40.0 Å². The summed E-state index contributed by atoms with van der Waals surface area (Å²) in [4.78, 5) is 0. The Morgan fingerprint density at radius 1 is 1.44 bits per heavy atom. The lowest BCUT2D eigenvalue weighted by Gasteiger charge is -2.28. The van der Waals surface area contributed by atoms with Gasteiger partial charge in [-0.25, -0.2) is 0 Å². The maximum atomic E-state index is 8.83. The summed E-state index contributed by atoms with van der Waals surface area (Å²) in [5.41, 5.74) is 1.78. The Balaban J connectivity index is 3.74. The number of allylic oxidation sites excluding steroid dienone is 1. The Bertz CT molecular complexity index is 212. The molecule has 0 radical (unpaired) electrons. The van der Waals surface area contributed by atoms with Gasteiger partial charge in [0.05, 0.1) is 6.61 Å². The second kappa shape index (κ2) is 8.04. The van der Waals surface area contributed by atoms with Gasteiger partial charge in [0.2, 0.25) is 0 Å². The average Bonchev–Trinajstić information content (AvgIpc) is 2.26. The van der Waals surface area contributed by atoms with Crippen molar-refractivity contribution in [1.29, 1.82) is 0 Å². The van der Waals surface area contributed by atoms with Gasteiger partial charge in [-0.2, -0.15) is 0 Å². The molecule has 0 spiro atoms. The van der Waals surface area contributed by atoms with Crippen molar-refractivity contribution in [1.82, 2.24) is 0 Å². The summed E-state index contributed by atoms with van der Waals surface area (Å²) < 4.78 is 6.04. The van der Waals surface area contributed by atoms with Crippen LogP contribution >= 0.6 is 0 Å². The highest BCUT2D eigenvalue weighted by atomic mass is 28.4. The molecule has 16 heavy (non-hydrogen) atoms. The molecule has 0 fully saturated rings. The molecule has 0 aliphatic carbocycles. The molecule has 0 saturated carbocycles. The molecule has 0 saturated heterocycles. The van der Waals surface area contributed by atoms with Gasteiger partial charge in [-0.05, 0) is 38.4 Å². The van der Waals surface area contributed by atoms with E-state index in [0.717, 1.165) is 30.6 Å². The van der Waals surface area contributed by atoms with Crippen LogP contribution in [0.25, 0.3) is 0 Å². The lowest BCUT2D eigenvalue weighted by Crippen LogP contribution is -2.35. The zero-order valence-corrected chi connectivity index (χ0v) is 12.5. The Morgan fingerprint density at radius 2 is 2.06 bits per heavy atom. The quantitative estimate of drug-likeness (QED) is 0.400. The number of hydrogen-bond acceptors (Lipinski definition) is 2. The predicted molar refractivity (Wildman–Crippen MR) is 73.2 cm³/mol. The average molecular weight is 244 g/mol. The summed E-state index contributed by atoms with van der Waals surface area (Å²) in [6, 6.07) is 0. The summed E-state index contributed by atoms with van der Waals surface area (Å²) in [6.07, 6.45) is 5.38. The normalized spacial score (nSPS) is 15.2. The lowest BCUT2D eigenvalue weighted by atomic mass is 10.2. The first kappa shape index (κ1) is 15.9. The van der Waals surface area contributed by atoms with E-state index in [1.54, 1.807) is 0 Å². The summed E-state index contributed by atoms with van der Waals surface area (Å²) in [6.45, 7) is 12.1. The fourth-order valence-electron chi connectivity index (χ4n) is 1.47. The van der Waals surface area contributed by atoms with Gasteiger partial charge in [0.25, 0.3) is 0 Å². The van der Waals surface area contributed by atoms with E-state index in [4.69, 9.17) is 9.53 Å². The first-order valence-corrected chi connectivity index (χ1v) is 9.33. The predicted octanol–water partition coefficient (Wildman–Crippen LogP) is 3.73. The van der Waals surface area contributed by atoms with Crippen molar-refractivity contribution >= 4 is 8.32 Å². The smallest absolute Gasteiger partial charge is 0.189 e. The van der Waals surface area contributed by atoms with E-state index < -0.39 is 8.32 Å². The lowest BCUT2D eigenvalue weighted by molar-refractivity contribution is 0.293. The van der Waals surface area contributed by atoms with Crippen molar-refractivity contribution in [2.45, 2.75) is 58.7 Å². The molecule has 1 atom stereocenters. The van der Waals surface area contributed by atoms with E-state index in [2.05, 4.69) is 33.0 Å². The van der Waals surface area contributed by atoms with Crippen molar-refractivity contribution in [2.24, 2.45) is 0 Å². The number of aliphatic hydroxyl groups is 1. The molecule has 0 aromatic carbocycles. The minimum atomic E-state index is -1.46. The molecule has 0 bridgehead atoms. The van der Waals surface area contributed by atoms with Crippen LogP contribution in [0.2, 0.25) is 18.6 Å².